The SMILES string of the molecule is CCC1CCC(Oc2ccc(OC)cc2Br)CC1. The Labute approximate surface area is 118 Å². The van der Waals surface area contributed by atoms with Crippen LogP contribution in [0.2, 0.25) is 0 Å². The van der Waals surface area contributed by atoms with Crippen molar-refractivity contribution >= 4 is 15.9 Å². The molecule has 100 valence electrons. The fraction of sp³-hybridized carbons (Fsp3) is 0.600. The van der Waals surface area contributed by atoms with Crippen molar-refractivity contribution in [3.63, 3.8) is 0 Å². The van der Waals surface area contributed by atoms with E-state index in [1.54, 1.807) is 7.11 Å². The van der Waals surface area contributed by atoms with E-state index in [2.05, 4.69) is 22.9 Å². The molecule has 2 rings (SSSR count). The van der Waals surface area contributed by atoms with Gasteiger partial charge in [-0.15, -0.1) is 0 Å². The molecule has 1 aromatic carbocycles. The molecule has 0 aromatic heterocycles. The molecule has 0 atom stereocenters. The first-order valence-electron chi connectivity index (χ1n) is 6.73. The third-order valence-electron chi connectivity index (χ3n) is 3.80. The Balaban J connectivity index is 1.94. The molecule has 0 heterocycles. The summed E-state index contributed by atoms with van der Waals surface area (Å²) in [5.41, 5.74) is 0. The molecule has 3 heteroatoms. The van der Waals surface area contributed by atoms with Crippen LogP contribution in [0, 0.1) is 5.92 Å². The van der Waals surface area contributed by atoms with E-state index >= 15 is 0 Å². The number of hydrogen-bond donors (Lipinski definition) is 0. The number of benzene rings is 1. The van der Waals surface area contributed by atoms with Gasteiger partial charge in [0.1, 0.15) is 11.5 Å². The summed E-state index contributed by atoms with van der Waals surface area (Å²) in [6.45, 7) is 2.28. The van der Waals surface area contributed by atoms with Crippen LogP contribution < -0.4 is 9.47 Å². The van der Waals surface area contributed by atoms with Crippen LogP contribution in [0.4, 0.5) is 0 Å². The minimum atomic E-state index is 0.373. The number of rotatable bonds is 4. The fourth-order valence-electron chi connectivity index (χ4n) is 2.54. The van der Waals surface area contributed by atoms with Crippen LogP contribution in [0.15, 0.2) is 22.7 Å². The van der Waals surface area contributed by atoms with Gasteiger partial charge in [-0.3, -0.25) is 0 Å². The van der Waals surface area contributed by atoms with Gasteiger partial charge in [0.2, 0.25) is 0 Å². The van der Waals surface area contributed by atoms with Crippen molar-refractivity contribution < 1.29 is 9.47 Å². The Morgan fingerprint density at radius 2 is 1.94 bits per heavy atom. The van der Waals surface area contributed by atoms with E-state index in [4.69, 9.17) is 9.47 Å². The quantitative estimate of drug-likeness (QED) is 0.794. The average Bonchev–Trinajstić information content (AvgIpc) is 2.42. The molecule has 0 spiro atoms. The minimum Gasteiger partial charge on any atom is -0.497 e. The summed E-state index contributed by atoms with van der Waals surface area (Å²) < 4.78 is 12.2. The third kappa shape index (κ3) is 3.41. The van der Waals surface area contributed by atoms with Crippen molar-refractivity contribution in [1.82, 2.24) is 0 Å². The van der Waals surface area contributed by atoms with Gasteiger partial charge in [-0.2, -0.15) is 0 Å². The van der Waals surface area contributed by atoms with Gasteiger partial charge in [0.15, 0.2) is 0 Å². The Morgan fingerprint density at radius 1 is 1.22 bits per heavy atom. The summed E-state index contributed by atoms with van der Waals surface area (Å²) in [6, 6.07) is 5.87. The second kappa shape index (κ2) is 6.46. The van der Waals surface area contributed by atoms with E-state index in [0.29, 0.717) is 6.10 Å². The highest BCUT2D eigenvalue weighted by atomic mass is 79.9. The zero-order valence-corrected chi connectivity index (χ0v) is 12.7. The molecule has 0 amide bonds. The Bertz CT molecular complexity index is 384. The third-order valence-corrected chi connectivity index (χ3v) is 4.42. The molecule has 0 radical (unpaired) electrons. The lowest BCUT2D eigenvalue weighted by molar-refractivity contribution is 0.129. The van der Waals surface area contributed by atoms with Gasteiger partial charge in [-0.05, 0) is 65.7 Å². The van der Waals surface area contributed by atoms with Gasteiger partial charge in [0, 0.05) is 0 Å². The molecule has 1 aliphatic rings. The molecule has 18 heavy (non-hydrogen) atoms. The summed E-state index contributed by atoms with van der Waals surface area (Å²) >= 11 is 3.54. The lowest BCUT2D eigenvalue weighted by Gasteiger charge is -2.28. The Hall–Kier alpha value is -0.700. The fourth-order valence-corrected chi connectivity index (χ4v) is 2.99. The Morgan fingerprint density at radius 3 is 2.50 bits per heavy atom. The predicted octanol–water partition coefficient (Wildman–Crippen LogP) is 4.81. The largest absolute Gasteiger partial charge is 0.497 e. The van der Waals surface area contributed by atoms with Gasteiger partial charge in [-0.25, -0.2) is 0 Å². The van der Waals surface area contributed by atoms with Crippen LogP contribution in [-0.4, -0.2) is 13.2 Å². The topological polar surface area (TPSA) is 18.5 Å². The number of methoxy groups -OCH3 is 1. The molecule has 0 N–H and O–H groups in total. The van der Waals surface area contributed by atoms with E-state index in [0.717, 1.165) is 21.9 Å². The number of halogens is 1. The van der Waals surface area contributed by atoms with E-state index in [1.165, 1.54) is 32.1 Å². The summed E-state index contributed by atoms with van der Waals surface area (Å²) in [5.74, 6) is 2.68. The van der Waals surface area contributed by atoms with Crippen molar-refractivity contribution in [3.05, 3.63) is 22.7 Å². The monoisotopic (exact) mass is 312 g/mol. The average molecular weight is 313 g/mol. The molecule has 0 bridgehead atoms. The highest BCUT2D eigenvalue weighted by Gasteiger charge is 2.21. The van der Waals surface area contributed by atoms with Gasteiger partial charge in [0.25, 0.3) is 0 Å². The molecule has 0 saturated heterocycles. The lowest BCUT2D eigenvalue weighted by Crippen LogP contribution is -2.24. The predicted molar refractivity (Wildman–Crippen MR) is 77.4 cm³/mol. The van der Waals surface area contributed by atoms with Crippen molar-refractivity contribution in [2.24, 2.45) is 5.92 Å². The van der Waals surface area contributed by atoms with Gasteiger partial charge in [0.05, 0.1) is 17.7 Å². The highest BCUT2D eigenvalue weighted by Crippen LogP contribution is 2.34. The summed E-state index contributed by atoms with van der Waals surface area (Å²) in [6.07, 6.45) is 6.63. The molecule has 0 unspecified atom stereocenters. The van der Waals surface area contributed by atoms with Crippen LogP contribution in [0.3, 0.4) is 0 Å². The molecule has 1 aromatic rings. The first-order chi connectivity index (χ1) is 8.72. The number of hydrogen-bond acceptors (Lipinski definition) is 2. The van der Waals surface area contributed by atoms with Gasteiger partial charge in [-0.1, -0.05) is 13.3 Å². The van der Waals surface area contributed by atoms with Crippen LogP contribution in [0.25, 0.3) is 0 Å². The molecular formula is C15H21BrO2. The summed E-state index contributed by atoms with van der Waals surface area (Å²) in [5, 5.41) is 0. The molecule has 1 aliphatic carbocycles. The smallest absolute Gasteiger partial charge is 0.134 e. The number of ether oxygens (including phenoxy) is 2. The van der Waals surface area contributed by atoms with E-state index in [-0.39, 0.29) is 0 Å². The molecule has 1 saturated carbocycles. The zero-order valence-electron chi connectivity index (χ0n) is 11.1. The van der Waals surface area contributed by atoms with E-state index < -0.39 is 0 Å². The maximum atomic E-state index is 6.08. The standard InChI is InChI=1S/C15H21BrO2/c1-3-11-4-6-12(7-5-11)18-15-9-8-13(17-2)10-14(15)16/h8-12H,3-7H2,1-2H3. The minimum absolute atomic E-state index is 0.373. The van der Waals surface area contributed by atoms with Crippen LogP contribution in [0.5, 0.6) is 11.5 Å². The van der Waals surface area contributed by atoms with E-state index in [1.807, 2.05) is 18.2 Å². The maximum Gasteiger partial charge on any atom is 0.134 e. The van der Waals surface area contributed by atoms with Gasteiger partial charge >= 0.3 is 0 Å². The first kappa shape index (κ1) is 13.7. The summed E-state index contributed by atoms with van der Waals surface area (Å²) in [7, 11) is 1.67. The zero-order chi connectivity index (χ0) is 13.0. The van der Waals surface area contributed by atoms with Crippen LogP contribution in [-0.2, 0) is 0 Å². The van der Waals surface area contributed by atoms with Crippen molar-refractivity contribution in [2.75, 3.05) is 7.11 Å². The first-order valence-corrected chi connectivity index (χ1v) is 7.52. The van der Waals surface area contributed by atoms with Crippen molar-refractivity contribution in [2.45, 2.75) is 45.1 Å². The van der Waals surface area contributed by atoms with Crippen molar-refractivity contribution in [1.29, 1.82) is 0 Å². The molecule has 1 fully saturated rings. The Kier molecular flexibility index (Phi) is 4.93. The van der Waals surface area contributed by atoms with Crippen LogP contribution >= 0.6 is 15.9 Å². The molecular weight excluding hydrogens is 292 g/mol. The lowest BCUT2D eigenvalue weighted by atomic mass is 9.86. The van der Waals surface area contributed by atoms with Crippen LogP contribution in [0.1, 0.15) is 39.0 Å². The molecule has 2 nitrogen and oxygen atoms in total. The molecule has 0 aliphatic heterocycles. The normalized spacial score (nSPS) is 23.7. The highest BCUT2D eigenvalue weighted by molar-refractivity contribution is 9.10. The summed E-state index contributed by atoms with van der Waals surface area (Å²) in [4.78, 5) is 0. The van der Waals surface area contributed by atoms with Crippen molar-refractivity contribution in [3.8, 4) is 11.5 Å². The second-order valence-electron chi connectivity index (χ2n) is 4.97. The van der Waals surface area contributed by atoms with Gasteiger partial charge < -0.3 is 9.47 Å². The second-order valence-corrected chi connectivity index (χ2v) is 5.82. The van der Waals surface area contributed by atoms with E-state index in [9.17, 15) is 0 Å². The maximum absolute atomic E-state index is 6.08.